The zero-order valence-electron chi connectivity index (χ0n) is 9.36. The van der Waals surface area contributed by atoms with Gasteiger partial charge in [-0.1, -0.05) is 0 Å². The summed E-state index contributed by atoms with van der Waals surface area (Å²) in [6, 6.07) is 0. The maximum absolute atomic E-state index is 3.42. The fraction of sp³-hybridized carbons (Fsp3) is 0.900. The Balaban J connectivity index is 4.66. The average molecular weight is 171 g/mol. The van der Waals surface area contributed by atoms with E-state index in [1.165, 1.54) is 5.84 Å². The minimum absolute atomic E-state index is 0.223. The van der Waals surface area contributed by atoms with Gasteiger partial charge >= 0.3 is 0 Å². The molecule has 2 nitrogen and oxygen atoms in total. The van der Waals surface area contributed by atoms with Crippen LogP contribution in [0.2, 0.25) is 0 Å². The first-order valence-electron chi connectivity index (χ1n) is 4.75. The summed E-state index contributed by atoms with van der Waals surface area (Å²) in [5.41, 5.74) is 0.223. The number of nitrogens with zero attached hydrogens (tertiary/aromatic N) is 1. The van der Waals surface area contributed by atoms with Crippen LogP contribution >= 0.6 is 0 Å². The number of hydrogen-bond donors (Lipinski definition) is 1. The van der Waals surface area contributed by atoms with Crippen LogP contribution in [0.25, 0.3) is 0 Å². The minimum atomic E-state index is 0.223. The van der Waals surface area contributed by atoms with Crippen molar-refractivity contribution in [2.75, 3.05) is 20.1 Å². The van der Waals surface area contributed by atoms with Gasteiger partial charge in [-0.15, -0.1) is 0 Å². The highest BCUT2D eigenvalue weighted by atomic mass is 15.1. The van der Waals surface area contributed by atoms with E-state index in [4.69, 9.17) is 0 Å². The molecule has 0 atom stereocenters. The van der Waals surface area contributed by atoms with E-state index < -0.39 is 0 Å². The van der Waals surface area contributed by atoms with Crippen molar-refractivity contribution in [3.63, 3.8) is 0 Å². The highest BCUT2D eigenvalue weighted by Crippen LogP contribution is 2.13. The van der Waals surface area contributed by atoms with E-state index >= 15 is 0 Å². The van der Waals surface area contributed by atoms with E-state index in [0.29, 0.717) is 0 Å². The van der Waals surface area contributed by atoms with Gasteiger partial charge in [0.2, 0.25) is 5.84 Å². The lowest BCUT2D eigenvalue weighted by atomic mass is 9.94. The highest BCUT2D eigenvalue weighted by Gasteiger charge is 2.25. The summed E-state index contributed by atoms with van der Waals surface area (Å²) in [5, 5.41) is 3.42. The molecular weight excluding hydrogens is 148 g/mol. The maximum Gasteiger partial charge on any atom is 0.249 e. The summed E-state index contributed by atoms with van der Waals surface area (Å²) in [6.07, 6.45) is 0. The van der Waals surface area contributed by atoms with Gasteiger partial charge < -0.3 is 0 Å². The van der Waals surface area contributed by atoms with Gasteiger partial charge in [0.1, 0.15) is 0 Å². The van der Waals surface area contributed by atoms with Crippen LogP contribution in [-0.4, -0.2) is 30.5 Å². The van der Waals surface area contributed by atoms with Crippen LogP contribution in [0.1, 0.15) is 34.6 Å². The minimum Gasteiger partial charge on any atom is -0.278 e. The van der Waals surface area contributed by atoms with Gasteiger partial charge in [-0.2, -0.15) is 0 Å². The summed E-state index contributed by atoms with van der Waals surface area (Å²) in [7, 11) is 2.13. The predicted molar refractivity (Wildman–Crippen MR) is 54.9 cm³/mol. The molecule has 0 aliphatic carbocycles. The second kappa shape index (κ2) is 4.48. The third kappa shape index (κ3) is 3.24. The molecule has 0 bridgehead atoms. The van der Waals surface area contributed by atoms with Crippen LogP contribution in [-0.2, 0) is 0 Å². The Hall–Kier alpha value is -0.530. The van der Waals surface area contributed by atoms with Crippen LogP contribution in [0.15, 0.2) is 0 Å². The predicted octanol–water partition coefficient (Wildman–Crippen LogP) is 1.70. The summed E-state index contributed by atoms with van der Waals surface area (Å²) in [6.45, 7) is 13.1. The number of hydrogen-bond acceptors (Lipinski definition) is 0. The maximum atomic E-state index is 3.42. The molecule has 0 spiro atoms. The van der Waals surface area contributed by atoms with Crippen molar-refractivity contribution in [1.82, 2.24) is 5.32 Å². The molecular formula is C10H23N2+. The monoisotopic (exact) mass is 171 g/mol. The van der Waals surface area contributed by atoms with Crippen LogP contribution in [0.3, 0.4) is 0 Å². The molecule has 0 amide bonds. The molecule has 0 rings (SSSR count). The van der Waals surface area contributed by atoms with Gasteiger partial charge in [0.05, 0.1) is 25.6 Å². The summed E-state index contributed by atoms with van der Waals surface area (Å²) < 4.78 is 2.27. The van der Waals surface area contributed by atoms with Gasteiger partial charge in [-0.25, -0.2) is 0 Å². The van der Waals surface area contributed by atoms with Gasteiger partial charge in [0.25, 0.3) is 0 Å². The first-order valence-corrected chi connectivity index (χ1v) is 4.75. The largest absolute Gasteiger partial charge is 0.278 e. The summed E-state index contributed by atoms with van der Waals surface area (Å²) in [5.74, 6) is 1.33. The normalized spacial score (nSPS) is 14.2. The molecule has 0 aliphatic heterocycles. The smallest absolute Gasteiger partial charge is 0.249 e. The van der Waals surface area contributed by atoms with Crippen molar-refractivity contribution >= 4 is 5.84 Å². The molecule has 0 heterocycles. The first kappa shape index (κ1) is 11.5. The molecule has 0 aromatic carbocycles. The zero-order chi connectivity index (χ0) is 9.78. The number of rotatable bonds is 2. The molecule has 0 aromatic rings. The SMILES string of the molecule is CCNC(=[N+](C)CC)C(C)(C)C. The van der Waals surface area contributed by atoms with Crippen molar-refractivity contribution in [3.05, 3.63) is 0 Å². The Kier molecular flexibility index (Phi) is 4.29. The molecule has 2 heteroatoms. The topological polar surface area (TPSA) is 15.0 Å². The average Bonchev–Trinajstić information content (AvgIpc) is 1.96. The molecule has 0 saturated heterocycles. The van der Waals surface area contributed by atoms with Crippen molar-refractivity contribution < 1.29 is 4.58 Å². The van der Waals surface area contributed by atoms with E-state index in [-0.39, 0.29) is 5.41 Å². The first-order chi connectivity index (χ1) is 5.43. The number of amidine groups is 1. The Bertz CT molecular complexity index is 163. The molecule has 0 fully saturated rings. The molecule has 0 aliphatic rings. The standard InChI is InChI=1S/C10H22N2/c1-7-11-9(10(3,4)5)12(6)8-2/h7-8H2,1-6H3/p+1. The second-order valence-electron chi connectivity index (χ2n) is 4.14. The van der Waals surface area contributed by atoms with Gasteiger partial charge in [0, 0.05) is 0 Å². The lowest BCUT2D eigenvalue weighted by Gasteiger charge is -2.19. The Morgan fingerprint density at radius 1 is 1.25 bits per heavy atom. The third-order valence-corrected chi connectivity index (χ3v) is 1.91. The zero-order valence-corrected chi connectivity index (χ0v) is 9.36. The van der Waals surface area contributed by atoms with Crippen LogP contribution in [0, 0.1) is 5.41 Å². The lowest BCUT2D eigenvalue weighted by Crippen LogP contribution is -2.41. The molecule has 1 N–H and O–H groups in total. The van der Waals surface area contributed by atoms with E-state index in [2.05, 4.69) is 51.6 Å². The molecule has 0 aromatic heterocycles. The molecule has 0 saturated carbocycles. The Morgan fingerprint density at radius 2 is 1.75 bits per heavy atom. The molecule has 72 valence electrons. The van der Waals surface area contributed by atoms with E-state index in [1.807, 2.05) is 0 Å². The van der Waals surface area contributed by atoms with Gasteiger partial charge in [-0.05, 0) is 34.6 Å². The summed E-state index contributed by atoms with van der Waals surface area (Å²) >= 11 is 0. The van der Waals surface area contributed by atoms with E-state index in [0.717, 1.165) is 13.1 Å². The van der Waals surface area contributed by atoms with E-state index in [9.17, 15) is 0 Å². The fourth-order valence-corrected chi connectivity index (χ4v) is 1.30. The van der Waals surface area contributed by atoms with Crippen molar-refractivity contribution in [2.45, 2.75) is 34.6 Å². The summed E-state index contributed by atoms with van der Waals surface area (Å²) in [4.78, 5) is 0. The highest BCUT2D eigenvalue weighted by molar-refractivity contribution is 5.82. The van der Waals surface area contributed by atoms with Crippen LogP contribution in [0.4, 0.5) is 0 Å². The van der Waals surface area contributed by atoms with Crippen molar-refractivity contribution in [2.24, 2.45) is 5.41 Å². The van der Waals surface area contributed by atoms with E-state index in [1.54, 1.807) is 0 Å². The second-order valence-corrected chi connectivity index (χ2v) is 4.14. The van der Waals surface area contributed by atoms with Crippen molar-refractivity contribution in [3.8, 4) is 0 Å². The number of nitrogens with one attached hydrogen (secondary N) is 1. The lowest BCUT2D eigenvalue weighted by molar-refractivity contribution is -0.499. The third-order valence-electron chi connectivity index (χ3n) is 1.91. The van der Waals surface area contributed by atoms with Gasteiger partial charge in [0.15, 0.2) is 0 Å². The van der Waals surface area contributed by atoms with Crippen molar-refractivity contribution in [1.29, 1.82) is 0 Å². The molecule has 0 unspecified atom stereocenters. The van der Waals surface area contributed by atoms with Crippen LogP contribution < -0.4 is 5.32 Å². The molecule has 12 heavy (non-hydrogen) atoms. The molecule has 0 radical (unpaired) electrons. The Labute approximate surface area is 76.7 Å². The fourth-order valence-electron chi connectivity index (χ4n) is 1.30. The Morgan fingerprint density at radius 3 is 2.00 bits per heavy atom. The van der Waals surface area contributed by atoms with Crippen LogP contribution in [0.5, 0.6) is 0 Å². The van der Waals surface area contributed by atoms with Gasteiger partial charge in [-0.3, -0.25) is 9.89 Å². The quantitative estimate of drug-likeness (QED) is 0.380.